The molecule has 0 aromatic heterocycles. The molecule has 0 bridgehead atoms. The van der Waals surface area contributed by atoms with Crippen molar-refractivity contribution in [3.8, 4) is 0 Å². The highest BCUT2D eigenvalue weighted by Crippen LogP contribution is 2.29. The number of nitrogens with one attached hydrogen (secondary N) is 1. The molecule has 0 aromatic rings. The molecule has 1 atom stereocenters. The Kier molecular flexibility index (Phi) is 14.5. The van der Waals surface area contributed by atoms with Crippen molar-refractivity contribution in [3.63, 3.8) is 0 Å². The molecule has 0 heterocycles. The second kappa shape index (κ2) is 14.8. The number of ether oxygens (including phenoxy) is 2. The number of azide groups is 1. The van der Waals surface area contributed by atoms with Gasteiger partial charge in [0.15, 0.2) is 0 Å². The fourth-order valence-corrected chi connectivity index (χ4v) is 3.27. The lowest BCUT2D eigenvalue weighted by atomic mass is 9.87. The molecule has 3 amide bonds. The van der Waals surface area contributed by atoms with Crippen LogP contribution in [0.25, 0.3) is 10.4 Å². The number of nitrogens with zero attached hydrogens (tertiary/aromatic N) is 4. The average Bonchev–Trinajstić information content (AvgIpc) is 2.74. The van der Waals surface area contributed by atoms with Crippen molar-refractivity contribution in [1.82, 2.24) is 10.2 Å². The lowest BCUT2D eigenvalue weighted by Gasteiger charge is -2.40. The number of carbonyl (C=O) groups excluding carboxylic acids is 3. The first-order valence-corrected chi connectivity index (χ1v) is 13.4. The molecule has 0 aromatic carbocycles. The summed E-state index contributed by atoms with van der Waals surface area (Å²) >= 11 is 10.0. The van der Waals surface area contributed by atoms with E-state index in [2.05, 4.69) is 63.1 Å². The summed E-state index contributed by atoms with van der Waals surface area (Å²) in [7, 11) is 0. The fourth-order valence-electron chi connectivity index (χ4n) is 2.70. The van der Waals surface area contributed by atoms with Gasteiger partial charge in [0.2, 0.25) is 17.7 Å². The average molecular weight is 693 g/mol. The van der Waals surface area contributed by atoms with Crippen molar-refractivity contribution in [2.24, 2.45) is 16.3 Å². The summed E-state index contributed by atoms with van der Waals surface area (Å²) in [5.74, 6) is -1.16. The minimum atomic E-state index is -1.01. The van der Waals surface area contributed by atoms with E-state index >= 15 is 0 Å². The zero-order valence-corrected chi connectivity index (χ0v) is 26.0. The molecule has 14 heteroatoms. The van der Waals surface area contributed by atoms with Crippen LogP contribution in [0.15, 0.2) is 5.11 Å². The summed E-state index contributed by atoms with van der Waals surface area (Å²) in [6.07, 6.45) is 0. The molecule has 0 radical (unpaired) electrons. The third kappa shape index (κ3) is 12.9. The van der Waals surface area contributed by atoms with Crippen LogP contribution in [0.1, 0.15) is 41.5 Å². The van der Waals surface area contributed by atoms with Crippen LogP contribution in [0.4, 0.5) is 0 Å². The molecular weight excluding hydrogens is 656 g/mol. The van der Waals surface area contributed by atoms with Crippen LogP contribution in [0, 0.1) is 5.41 Å². The summed E-state index contributed by atoms with van der Waals surface area (Å²) < 4.78 is 8.30. The molecule has 3 N–H and O–H groups in total. The molecule has 0 fully saturated rings. The van der Waals surface area contributed by atoms with Gasteiger partial charge in [0, 0.05) is 36.5 Å². The van der Waals surface area contributed by atoms with Crippen LogP contribution in [0.3, 0.4) is 0 Å². The smallest absolute Gasteiger partial charge is 0.245 e. The van der Waals surface area contributed by atoms with Crippen LogP contribution in [0.5, 0.6) is 0 Å². The van der Waals surface area contributed by atoms with Crippen LogP contribution in [0.2, 0.25) is 0 Å². The molecule has 11 nitrogen and oxygen atoms in total. The molecule has 0 aliphatic rings. The van der Waals surface area contributed by atoms with Gasteiger partial charge < -0.3 is 20.5 Å². The van der Waals surface area contributed by atoms with Gasteiger partial charge in [-0.1, -0.05) is 52.9 Å². The van der Waals surface area contributed by atoms with E-state index in [9.17, 15) is 14.4 Å². The van der Waals surface area contributed by atoms with Gasteiger partial charge in [-0.25, -0.2) is 0 Å². The van der Waals surface area contributed by atoms with Crippen LogP contribution in [-0.2, 0) is 23.9 Å². The van der Waals surface area contributed by atoms with Gasteiger partial charge >= 0.3 is 0 Å². The summed E-state index contributed by atoms with van der Waals surface area (Å²) in [5, 5.41) is 6.24. The Morgan fingerprint density at radius 1 is 0.943 bits per heavy atom. The van der Waals surface area contributed by atoms with Crippen molar-refractivity contribution >= 4 is 65.5 Å². The Morgan fingerprint density at radius 2 is 1.46 bits per heavy atom. The Balaban J connectivity index is 5.81. The maximum Gasteiger partial charge on any atom is 0.245 e. The Bertz CT molecular complexity index is 747. The highest BCUT2D eigenvalue weighted by Gasteiger charge is 2.44. The number of halogens is 3. The van der Waals surface area contributed by atoms with Crippen LogP contribution < -0.4 is 11.1 Å². The van der Waals surface area contributed by atoms with Gasteiger partial charge in [0.05, 0.1) is 39.4 Å². The predicted octanol–water partition coefficient (Wildman–Crippen LogP) is 3.27. The van der Waals surface area contributed by atoms with Gasteiger partial charge in [-0.2, -0.15) is 0 Å². The minimum Gasteiger partial charge on any atom is -0.379 e. The van der Waals surface area contributed by atoms with E-state index in [0.29, 0.717) is 0 Å². The van der Waals surface area contributed by atoms with E-state index in [-0.39, 0.29) is 58.5 Å². The quantitative estimate of drug-likeness (QED) is 0.0831. The topological polar surface area (TPSA) is 160 Å². The first-order valence-electron chi connectivity index (χ1n) is 11.0. The Hall–Kier alpha value is -0.760. The summed E-state index contributed by atoms with van der Waals surface area (Å²) in [5.41, 5.74) is 13.5. The van der Waals surface area contributed by atoms with E-state index in [4.69, 9.17) is 20.7 Å². The molecule has 0 saturated carbocycles. The third-order valence-electron chi connectivity index (χ3n) is 4.78. The molecule has 0 saturated heterocycles. The number of carbonyl (C=O) groups is 3. The van der Waals surface area contributed by atoms with Gasteiger partial charge in [-0.3, -0.25) is 19.3 Å². The van der Waals surface area contributed by atoms with E-state index in [1.165, 1.54) is 0 Å². The SMILES string of the molecule is CC(C)(Br)C(=O)NCC(CN)(COCCOCCN=[N+]=[N-])CN(C(=O)C(C)(C)Br)C(=O)C(C)(C)Br. The zero-order chi connectivity index (χ0) is 27.5. The first-order chi connectivity index (χ1) is 15.9. The number of hydrogen-bond donors (Lipinski definition) is 2. The molecule has 202 valence electrons. The monoisotopic (exact) mass is 690 g/mol. The molecule has 0 rings (SSSR count). The molecule has 0 spiro atoms. The summed E-state index contributed by atoms with van der Waals surface area (Å²) in [4.78, 5) is 42.9. The number of nitrogens with two attached hydrogens (primary N) is 1. The standard InChI is InChI=1S/C21H37Br3N6O5/c1-18(2,22)15(31)27-12-21(11-25,14-35-10-9-34-8-7-28-29-26)13-30(16(32)19(3,4)23)17(33)20(5,6)24/h7-14,25H2,1-6H3,(H,27,31). The largest absolute Gasteiger partial charge is 0.379 e. The highest BCUT2D eigenvalue weighted by atomic mass is 79.9. The van der Waals surface area contributed by atoms with Gasteiger partial charge in [-0.15, -0.1) is 0 Å². The third-order valence-corrected chi connectivity index (χ3v) is 5.82. The first kappa shape index (κ1) is 34.2. The number of rotatable bonds is 16. The predicted molar refractivity (Wildman–Crippen MR) is 146 cm³/mol. The fraction of sp³-hybridized carbons (Fsp3) is 0.857. The number of amides is 3. The van der Waals surface area contributed by atoms with Gasteiger partial charge in [0.25, 0.3) is 0 Å². The van der Waals surface area contributed by atoms with Gasteiger partial charge in [-0.05, 0) is 47.1 Å². The van der Waals surface area contributed by atoms with Crippen LogP contribution in [-0.4, -0.2) is 88.2 Å². The number of imide groups is 1. The zero-order valence-electron chi connectivity index (χ0n) is 21.2. The maximum atomic E-state index is 13.3. The van der Waals surface area contributed by atoms with Gasteiger partial charge in [0.1, 0.15) is 0 Å². The lowest BCUT2D eigenvalue weighted by Crippen LogP contribution is -2.59. The maximum absolute atomic E-state index is 13.3. The van der Waals surface area contributed by atoms with E-state index in [1.807, 2.05) is 0 Å². The van der Waals surface area contributed by atoms with Crippen molar-refractivity contribution in [3.05, 3.63) is 10.4 Å². The summed E-state index contributed by atoms with van der Waals surface area (Å²) in [6.45, 7) is 11.0. The minimum absolute atomic E-state index is 0.0240. The summed E-state index contributed by atoms with van der Waals surface area (Å²) in [6, 6.07) is 0. The molecule has 35 heavy (non-hydrogen) atoms. The molecule has 1 unspecified atom stereocenters. The number of alkyl halides is 3. The number of hydrogen-bond acceptors (Lipinski definition) is 7. The van der Waals surface area contributed by atoms with Crippen molar-refractivity contribution in [1.29, 1.82) is 0 Å². The van der Waals surface area contributed by atoms with E-state index in [0.717, 1.165) is 4.90 Å². The Labute approximate surface area is 232 Å². The molecular formula is C21H37Br3N6O5. The van der Waals surface area contributed by atoms with E-state index in [1.54, 1.807) is 41.5 Å². The Morgan fingerprint density at radius 3 is 1.89 bits per heavy atom. The lowest BCUT2D eigenvalue weighted by molar-refractivity contribution is -0.149. The van der Waals surface area contributed by atoms with Crippen LogP contribution >= 0.6 is 47.8 Å². The molecule has 0 aliphatic heterocycles. The second-order valence-corrected chi connectivity index (χ2v) is 15.6. The molecule has 0 aliphatic carbocycles. The van der Waals surface area contributed by atoms with Crippen molar-refractivity contribution < 1.29 is 23.9 Å². The highest BCUT2D eigenvalue weighted by molar-refractivity contribution is 9.10. The second-order valence-electron chi connectivity index (χ2n) is 9.62. The van der Waals surface area contributed by atoms with Crippen molar-refractivity contribution in [2.45, 2.75) is 54.5 Å². The van der Waals surface area contributed by atoms with Crippen molar-refractivity contribution in [2.75, 3.05) is 52.6 Å². The normalized spacial score (nSPS) is 14.0. The van der Waals surface area contributed by atoms with E-state index < -0.39 is 30.2 Å².